The summed E-state index contributed by atoms with van der Waals surface area (Å²) in [6, 6.07) is 13.8. The highest BCUT2D eigenvalue weighted by atomic mass is 19.1. The molecule has 0 fully saturated rings. The van der Waals surface area contributed by atoms with Gasteiger partial charge in [0.05, 0.1) is 12.1 Å². The van der Waals surface area contributed by atoms with Gasteiger partial charge < -0.3 is 10.1 Å². The molecule has 0 amide bonds. The van der Waals surface area contributed by atoms with E-state index in [-0.39, 0.29) is 12.2 Å². The van der Waals surface area contributed by atoms with Crippen LogP contribution in [0.3, 0.4) is 0 Å². The van der Waals surface area contributed by atoms with Crippen molar-refractivity contribution in [1.29, 1.82) is 0 Å². The molecule has 0 bridgehead atoms. The summed E-state index contributed by atoms with van der Waals surface area (Å²) in [7, 11) is 0. The van der Waals surface area contributed by atoms with Gasteiger partial charge in [0, 0.05) is 10.9 Å². The van der Waals surface area contributed by atoms with E-state index in [0.29, 0.717) is 10.9 Å². The second-order valence-electron chi connectivity index (χ2n) is 4.60. The SMILES string of the molecule is O=C(O)Cc1c(-c2ccccc2)[nH]c2ccc(F)cc12. The monoisotopic (exact) mass is 269 g/mol. The topological polar surface area (TPSA) is 53.1 Å². The Bertz CT molecular complexity index is 778. The van der Waals surface area contributed by atoms with Crippen LogP contribution in [0.25, 0.3) is 22.2 Å². The zero-order valence-corrected chi connectivity index (χ0v) is 10.6. The molecule has 0 aliphatic rings. The fourth-order valence-electron chi connectivity index (χ4n) is 2.41. The quantitative estimate of drug-likeness (QED) is 0.763. The maximum Gasteiger partial charge on any atom is 0.307 e. The first kappa shape index (κ1) is 12.4. The van der Waals surface area contributed by atoms with E-state index < -0.39 is 5.97 Å². The van der Waals surface area contributed by atoms with E-state index in [1.54, 1.807) is 6.07 Å². The van der Waals surface area contributed by atoms with Crippen LogP contribution in [0.2, 0.25) is 0 Å². The van der Waals surface area contributed by atoms with Gasteiger partial charge >= 0.3 is 5.97 Å². The minimum Gasteiger partial charge on any atom is -0.481 e. The van der Waals surface area contributed by atoms with Gasteiger partial charge in [0.15, 0.2) is 0 Å². The second-order valence-corrected chi connectivity index (χ2v) is 4.60. The molecule has 0 aliphatic carbocycles. The Morgan fingerprint density at radius 1 is 1.15 bits per heavy atom. The van der Waals surface area contributed by atoms with Crippen molar-refractivity contribution in [2.24, 2.45) is 0 Å². The highest BCUT2D eigenvalue weighted by Gasteiger charge is 2.16. The van der Waals surface area contributed by atoms with Gasteiger partial charge in [0.1, 0.15) is 5.82 Å². The smallest absolute Gasteiger partial charge is 0.307 e. The molecule has 0 saturated heterocycles. The average Bonchev–Trinajstić information content (AvgIpc) is 2.77. The molecule has 0 unspecified atom stereocenters. The number of benzene rings is 2. The maximum atomic E-state index is 13.4. The molecule has 0 atom stereocenters. The van der Waals surface area contributed by atoms with Crippen molar-refractivity contribution >= 4 is 16.9 Å². The zero-order valence-electron chi connectivity index (χ0n) is 10.6. The summed E-state index contributed by atoms with van der Waals surface area (Å²) in [5.41, 5.74) is 2.97. The third-order valence-corrected chi connectivity index (χ3v) is 3.26. The first-order valence-corrected chi connectivity index (χ1v) is 6.22. The predicted molar refractivity (Wildman–Crippen MR) is 75.0 cm³/mol. The van der Waals surface area contributed by atoms with Gasteiger partial charge in [-0.3, -0.25) is 4.79 Å². The third kappa shape index (κ3) is 2.16. The summed E-state index contributed by atoms with van der Waals surface area (Å²) in [6.07, 6.45) is -0.145. The number of aromatic nitrogens is 1. The lowest BCUT2D eigenvalue weighted by Gasteiger charge is -2.02. The second kappa shape index (κ2) is 4.81. The molecule has 0 radical (unpaired) electrons. The van der Waals surface area contributed by atoms with E-state index in [9.17, 15) is 9.18 Å². The van der Waals surface area contributed by atoms with Gasteiger partial charge in [0.2, 0.25) is 0 Å². The number of aromatic amines is 1. The summed E-state index contributed by atoms with van der Waals surface area (Å²) in [5.74, 6) is -1.31. The Kier molecular flexibility index (Phi) is 2.99. The number of carboxylic acids is 1. The van der Waals surface area contributed by atoms with Crippen LogP contribution in [0.1, 0.15) is 5.56 Å². The molecule has 3 nitrogen and oxygen atoms in total. The average molecular weight is 269 g/mol. The van der Waals surface area contributed by atoms with Crippen molar-refractivity contribution in [2.45, 2.75) is 6.42 Å². The lowest BCUT2D eigenvalue weighted by Crippen LogP contribution is -2.00. The van der Waals surface area contributed by atoms with E-state index in [1.165, 1.54) is 12.1 Å². The Balaban J connectivity index is 2.28. The molecule has 0 spiro atoms. The highest BCUT2D eigenvalue weighted by Crippen LogP contribution is 2.31. The Morgan fingerprint density at radius 2 is 1.90 bits per heavy atom. The number of nitrogens with one attached hydrogen (secondary N) is 1. The number of H-pyrrole nitrogens is 1. The van der Waals surface area contributed by atoms with Crippen LogP contribution in [0.5, 0.6) is 0 Å². The van der Waals surface area contributed by atoms with Crippen LogP contribution in [-0.4, -0.2) is 16.1 Å². The van der Waals surface area contributed by atoms with E-state index in [1.807, 2.05) is 30.3 Å². The molecule has 1 aromatic heterocycles. The van der Waals surface area contributed by atoms with E-state index in [2.05, 4.69) is 4.98 Å². The van der Waals surface area contributed by atoms with Crippen LogP contribution >= 0.6 is 0 Å². The third-order valence-electron chi connectivity index (χ3n) is 3.26. The molecular weight excluding hydrogens is 257 g/mol. The maximum absolute atomic E-state index is 13.4. The standard InChI is InChI=1S/C16H12FNO2/c17-11-6-7-14-12(8-11)13(9-15(19)20)16(18-14)10-4-2-1-3-5-10/h1-8,18H,9H2,(H,19,20). The minimum atomic E-state index is -0.938. The molecule has 2 N–H and O–H groups in total. The van der Waals surface area contributed by atoms with Gasteiger partial charge in [0.25, 0.3) is 0 Å². The number of rotatable bonds is 3. The Labute approximate surface area is 114 Å². The van der Waals surface area contributed by atoms with Crippen molar-refractivity contribution in [1.82, 2.24) is 4.98 Å². The lowest BCUT2D eigenvalue weighted by molar-refractivity contribution is -0.136. The van der Waals surface area contributed by atoms with Crippen LogP contribution in [0, 0.1) is 5.82 Å². The van der Waals surface area contributed by atoms with Gasteiger partial charge in [-0.05, 0) is 29.3 Å². The molecule has 100 valence electrons. The van der Waals surface area contributed by atoms with E-state index >= 15 is 0 Å². The number of carboxylic acid groups (broad SMARTS) is 1. The first-order chi connectivity index (χ1) is 9.65. The molecular formula is C16H12FNO2. The Hall–Kier alpha value is -2.62. The fourth-order valence-corrected chi connectivity index (χ4v) is 2.41. The summed E-state index contributed by atoms with van der Waals surface area (Å²) in [4.78, 5) is 14.3. The van der Waals surface area contributed by atoms with E-state index in [4.69, 9.17) is 5.11 Å². The molecule has 4 heteroatoms. The normalized spacial score (nSPS) is 10.8. The summed E-state index contributed by atoms with van der Waals surface area (Å²) in [6.45, 7) is 0. The summed E-state index contributed by atoms with van der Waals surface area (Å²) >= 11 is 0. The lowest BCUT2D eigenvalue weighted by atomic mass is 10.0. The first-order valence-electron chi connectivity index (χ1n) is 6.22. The van der Waals surface area contributed by atoms with Crippen LogP contribution in [0.4, 0.5) is 4.39 Å². The number of halogens is 1. The van der Waals surface area contributed by atoms with Gasteiger partial charge in [-0.25, -0.2) is 4.39 Å². The molecule has 2 aromatic carbocycles. The fraction of sp³-hybridized carbons (Fsp3) is 0.0625. The van der Waals surface area contributed by atoms with Crippen molar-refractivity contribution in [3.8, 4) is 11.3 Å². The number of hydrogen-bond donors (Lipinski definition) is 2. The summed E-state index contributed by atoms with van der Waals surface area (Å²) < 4.78 is 13.4. The predicted octanol–water partition coefficient (Wildman–Crippen LogP) is 3.60. The van der Waals surface area contributed by atoms with Gasteiger partial charge in [-0.2, -0.15) is 0 Å². The molecule has 0 aliphatic heterocycles. The highest BCUT2D eigenvalue weighted by molar-refractivity contribution is 5.93. The van der Waals surface area contributed by atoms with Gasteiger partial charge in [-0.1, -0.05) is 30.3 Å². The number of aliphatic carboxylic acids is 1. The number of hydrogen-bond acceptors (Lipinski definition) is 1. The summed E-state index contributed by atoms with van der Waals surface area (Å²) in [5, 5.41) is 9.69. The van der Waals surface area contributed by atoms with Crippen LogP contribution in [-0.2, 0) is 11.2 Å². The molecule has 1 heterocycles. The molecule has 0 saturated carbocycles. The van der Waals surface area contributed by atoms with Crippen molar-refractivity contribution in [2.75, 3.05) is 0 Å². The number of fused-ring (bicyclic) bond motifs is 1. The van der Waals surface area contributed by atoms with Crippen molar-refractivity contribution < 1.29 is 14.3 Å². The largest absolute Gasteiger partial charge is 0.481 e. The molecule has 3 aromatic rings. The van der Waals surface area contributed by atoms with E-state index in [0.717, 1.165) is 16.8 Å². The van der Waals surface area contributed by atoms with Crippen molar-refractivity contribution in [3.05, 3.63) is 59.9 Å². The Morgan fingerprint density at radius 3 is 2.60 bits per heavy atom. The van der Waals surface area contributed by atoms with Crippen molar-refractivity contribution in [3.63, 3.8) is 0 Å². The molecule has 3 rings (SSSR count). The van der Waals surface area contributed by atoms with Crippen LogP contribution in [0.15, 0.2) is 48.5 Å². The number of carbonyl (C=O) groups is 1. The van der Waals surface area contributed by atoms with Crippen LogP contribution < -0.4 is 0 Å². The zero-order chi connectivity index (χ0) is 14.1. The minimum absolute atomic E-state index is 0.145. The molecule has 20 heavy (non-hydrogen) atoms. The van der Waals surface area contributed by atoms with Gasteiger partial charge in [-0.15, -0.1) is 0 Å².